The minimum absolute atomic E-state index is 0.0694. The van der Waals surface area contributed by atoms with Crippen molar-refractivity contribution in [2.45, 2.75) is 45.4 Å². The molecule has 0 aliphatic rings. The lowest BCUT2D eigenvalue weighted by atomic mass is 10.0. The van der Waals surface area contributed by atoms with E-state index >= 15 is 0 Å². The SMILES string of the molecule is CCCCCCCCOC(=O)C(=Cc1ccccc1)OC.COc1ccc(C(=O)c2ccccc2)c(O)c1.OCCN(CCO)CCO. The summed E-state index contributed by atoms with van der Waals surface area (Å²) >= 11 is 0. The van der Waals surface area contributed by atoms with Crippen LogP contribution in [0.25, 0.3) is 6.08 Å². The largest absolute Gasteiger partial charge is 0.507 e. The van der Waals surface area contributed by atoms with E-state index in [1.165, 1.54) is 46.0 Å². The third-order valence-corrected chi connectivity index (χ3v) is 6.98. The summed E-state index contributed by atoms with van der Waals surface area (Å²) in [6.07, 6.45) is 8.73. The van der Waals surface area contributed by atoms with Crippen LogP contribution in [0.1, 0.15) is 66.9 Å². The normalized spacial score (nSPS) is 10.7. The second-order valence-electron chi connectivity index (χ2n) is 10.6. The van der Waals surface area contributed by atoms with E-state index in [1.54, 1.807) is 47.4 Å². The predicted octanol–water partition coefficient (Wildman–Crippen LogP) is 5.47. The van der Waals surface area contributed by atoms with Gasteiger partial charge in [-0.2, -0.15) is 0 Å². The van der Waals surface area contributed by atoms with E-state index in [-0.39, 0.29) is 42.7 Å². The van der Waals surface area contributed by atoms with Crippen molar-refractivity contribution in [2.24, 2.45) is 0 Å². The highest BCUT2D eigenvalue weighted by Crippen LogP contribution is 2.25. The summed E-state index contributed by atoms with van der Waals surface area (Å²) in [7, 11) is 2.99. The average molecular weight is 668 g/mol. The quantitative estimate of drug-likeness (QED) is 0.0427. The number of methoxy groups -OCH3 is 2. The van der Waals surface area contributed by atoms with E-state index in [9.17, 15) is 14.7 Å². The van der Waals surface area contributed by atoms with E-state index in [4.69, 9.17) is 29.5 Å². The molecular formula is C38H53NO9. The first kappa shape index (κ1) is 41.8. The standard InChI is InChI=1S/C18H26O3.C14H12O3.C6H15NO3/c1-3-4-5-6-7-11-14-21-18(19)17(20-2)15-16-12-9-8-10-13-16;1-17-11-7-8-12(13(15)9-11)14(16)10-5-3-2-4-6-10;8-4-1-7(2-5-9)3-6-10/h8-10,12-13,15H,3-7,11,14H2,1-2H3;2-9,15H,1H3;8-10H,1-6H2. The Kier molecular flexibility index (Phi) is 23.3. The van der Waals surface area contributed by atoms with Gasteiger partial charge in [0.1, 0.15) is 11.5 Å². The van der Waals surface area contributed by atoms with Gasteiger partial charge in [0, 0.05) is 31.3 Å². The molecule has 0 aliphatic carbocycles. The minimum atomic E-state index is -0.394. The Balaban J connectivity index is 0.000000383. The summed E-state index contributed by atoms with van der Waals surface area (Å²) in [4.78, 5) is 25.8. The molecule has 0 bridgehead atoms. The first-order valence-corrected chi connectivity index (χ1v) is 16.3. The Labute approximate surface area is 285 Å². The number of hydrogen-bond acceptors (Lipinski definition) is 10. The van der Waals surface area contributed by atoms with Crippen LogP contribution in [0.4, 0.5) is 0 Å². The highest BCUT2D eigenvalue weighted by Gasteiger charge is 2.14. The van der Waals surface area contributed by atoms with Gasteiger partial charge in [-0.05, 0) is 30.2 Å². The number of aliphatic hydroxyl groups excluding tert-OH is 3. The third-order valence-electron chi connectivity index (χ3n) is 6.98. The zero-order valence-electron chi connectivity index (χ0n) is 28.6. The fraction of sp³-hybridized carbons (Fsp3) is 0.421. The molecule has 48 heavy (non-hydrogen) atoms. The first-order chi connectivity index (χ1) is 23.3. The van der Waals surface area contributed by atoms with Gasteiger partial charge in [0.15, 0.2) is 5.78 Å². The minimum Gasteiger partial charge on any atom is -0.507 e. The van der Waals surface area contributed by atoms with Gasteiger partial charge in [0.05, 0.1) is 46.2 Å². The number of carbonyl (C=O) groups is 2. The Bertz CT molecular complexity index is 1290. The van der Waals surface area contributed by atoms with Crippen LogP contribution in [0.2, 0.25) is 0 Å². The molecule has 3 aromatic rings. The van der Waals surface area contributed by atoms with Crippen LogP contribution in [-0.2, 0) is 14.3 Å². The maximum Gasteiger partial charge on any atom is 0.373 e. The van der Waals surface area contributed by atoms with Gasteiger partial charge < -0.3 is 34.6 Å². The Morgan fingerprint density at radius 2 is 1.31 bits per heavy atom. The van der Waals surface area contributed by atoms with Gasteiger partial charge in [0.2, 0.25) is 5.76 Å². The van der Waals surface area contributed by atoms with Crippen LogP contribution < -0.4 is 4.74 Å². The van der Waals surface area contributed by atoms with Crippen molar-refractivity contribution in [3.8, 4) is 11.5 Å². The molecule has 10 nitrogen and oxygen atoms in total. The number of aliphatic hydroxyl groups is 3. The third kappa shape index (κ3) is 17.6. The number of aromatic hydroxyl groups is 1. The number of unbranched alkanes of at least 4 members (excludes halogenated alkanes) is 5. The van der Waals surface area contributed by atoms with Gasteiger partial charge in [-0.3, -0.25) is 9.69 Å². The molecule has 0 spiro atoms. The summed E-state index contributed by atoms with van der Waals surface area (Å²) in [5, 5.41) is 35.2. The summed E-state index contributed by atoms with van der Waals surface area (Å²) in [5.41, 5.74) is 1.75. The van der Waals surface area contributed by atoms with Crippen LogP contribution >= 0.6 is 0 Å². The van der Waals surface area contributed by atoms with Crippen molar-refractivity contribution >= 4 is 17.8 Å². The summed E-state index contributed by atoms with van der Waals surface area (Å²) in [6, 6.07) is 23.1. The smallest absolute Gasteiger partial charge is 0.373 e. The summed E-state index contributed by atoms with van der Waals surface area (Å²) < 4.78 is 15.3. The van der Waals surface area contributed by atoms with Gasteiger partial charge in [-0.15, -0.1) is 0 Å². The lowest BCUT2D eigenvalue weighted by molar-refractivity contribution is -0.142. The molecule has 3 aromatic carbocycles. The van der Waals surface area contributed by atoms with Crippen molar-refractivity contribution in [3.05, 3.63) is 101 Å². The van der Waals surface area contributed by atoms with Gasteiger partial charge in [0.25, 0.3) is 0 Å². The number of esters is 1. The van der Waals surface area contributed by atoms with Crippen molar-refractivity contribution in [2.75, 3.05) is 60.3 Å². The molecule has 264 valence electrons. The molecule has 0 unspecified atom stereocenters. The molecule has 0 heterocycles. The van der Waals surface area contributed by atoms with Crippen LogP contribution in [0.15, 0.2) is 84.6 Å². The predicted molar refractivity (Wildman–Crippen MR) is 188 cm³/mol. The highest BCUT2D eigenvalue weighted by molar-refractivity contribution is 6.10. The molecule has 10 heteroatoms. The van der Waals surface area contributed by atoms with Crippen LogP contribution in [0.5, 0.6) is 11.5 Å². The number of benzene rings is 3. The fourth-order valence-electron chi connectivity index (χ4n) is 4.36. The molecule has 0 aliphatic heterocycles. The molecule has 4 N–H and O–H groups in total. The topological polar surface area (TPSA) is 146 Å². The monoisotopic (exact) mass is 667 g/mol. The fourth-order valence-corrected chi connectivity index (χ4v) is 4.36. The molecule has 0 saturated carbocycles. The lowest BCUT2D eigenvalue weighted by Crippen LogP contribution is -2.32. The second kappa shape index (κ2) is 26.8. The number of hydrogen-bond donors (Lipinski definition) is 4. The number of carbonyl (C=O) groups excluding carboxylic acids is 2. The maximum atomic E-state index is 12.1. The van der Waals surface area contributed by atoms with Crippen molar-refractivity contribution in [1.29, 1.82) is 0 Å². The lowest BCUT2D eigenvalue weighted by Gasteiger charge is -2.17. The van der Waals surface area contributed by atoms with E-state index in [2.05, 4.69) is 6.92 Å². The Hall–Kier alpha value is -4.22. The summed E-state index contributed by atoms with van der Waals surface area (Å²) in [5.74, 6) is 0.0955. The Morgan fingerprint density at radius 1 is 0.750 bits per heavy atom. The number of phenols is 1. The highest BCUT2D eigenvalue weighted by atomic mass is 16.6. The molecule has 0 aromatic heterocycles. The van der Waals surface area contributed by atoms with E-state index in [0.717, 1.165) is 18.4 Å². The first-order valence-electron chi connectivity index (χ1n) is 16.3. The molecule has 0 saturated heterocycles. The van der Waals surface area contributed by atoms with E-state index in [0.29, 0.717) is 37.6 Å². The van der Waals surface area contributed by atoms with Crippen LogP contribution in [0, 0.1) is 0 Å². The van der Waals surface area contributed by atoms with Crippen molar-refractivity contribution in [3.63, 3.8) is 0 Å². The van der Waals surface area contributed by atoms with Crippen molar-refractivity contribution in [1.82, 2.24) is 4.90 Å². The molecular weight excluding hydrogens is 614 g/mol. The van der Waals surface area contributed by atoms with Gasteiger partial charge in [-0.25, -0.2) is 4.79 Å². The number of nitrogens with zero attached hydrogens (tertiary/aromatic N) is 1. The van der Waals surface area contributed by atoms with E-state index < -0.39 is 5.97 Å². The molecule has 0 fully saturated rings. The maximum absolute atomic E-state index is 12.1. The van der Waals surface area contributed by atoms with Gasteiger partial charge >= 0.3 is 5.97 Å². The van der Waals surface area contributed by atoms with Crippen LogP contribution in [-0.4, -0.2) is 97.4 Å². The molecule has 0 atom stereocenters. The number of rotatable bonds is 19. The number of ketones is 1. The average Bonchev–Trinajstić information content (AvgIpc) is 3.11. The van der Waals surface area contributed by atoms with Crippen LogP contribution in [0.3, 0.4) is 0 Å². The van der Waals surface area contributed by atoms with E-state index in [1.807, 2.05) is 36.4 Å². The Morgan fingerprint density at radius 3 is 1.83 bits per heavy atom. The van der Waals surface area contributed by atoms with Crippen molar-refractivity contribution < 1.29 is 44.2 Å². The zero-order chi connectivity index (χ0) is 35.4. The number of phenolic OH excluding ortho intramolecular Hbond substituents is 1. The van der Waals surface area contributed by atoms with Gasteiger partial charge in [-0.1, -0.05) is 99.7 Å². The zero-order valence-corrected chi connectivity index (χ0v) is 28.6. The number of ether oxygens (including phenoxy) is 3. The molecule has 0 amide bonds. The summed E-state index contributed by atoms with van der Waals surface area (Å²) in [6.45, 7) is 4.41. The second-order valence-corrected chi connectivity index (χ2v) is 10.6. The molecule has 3 rings (SSSR count). The molecule has 0 radical (unpaired) electrons.